The predicted molar refractivity (Wildman–Crippen MR) is 142 cm³/mol. The number of rotatable bonds is 12. The maximum Gasteiger partial charge on any atom is 0.331 e. The maximum absolute atomic E-state index is 12.8. The number of nitrogens with zero attached hydrogens (tertiary/aromatic N) is 1. The minimum absolute atomic E-state index is 0.000106. The van der Waals surface area contributed by atoms with Crippen LogP contribution in [0.5, 0.6) is 5.75 Å². The summed E-state index contributed by atoms with van der Waals surface area (Å²) in [4.78, 5) is 12.8. The number of carbonyl (C=O) groups is 1. The van der Waals surface area contributed by atoms with Crippen LogP contribution in [0.3, 0.4) is 0 Å². The van der Waals surface area contributed by atoms with Crippen LogP contribution in [-0.4, -0.2) is 92.8 Å². The first-order valence-corrected chi connectivity index (χ1v) is 13.3. The number of hydroxylamine groups is 3. The molecule has 3 aliphatic rings. The van der Waals surface area contributed by atoms with Crippen LogP contribution >= 0.6 is 0 Å². The first kappa shape index (κ1) is 28.7. The fourth-order valence-electron chi connectivity index (χ4n) is 5.51. The summed E-state index contributed by atoms with van der Waals surface area (Å²) in [5, 5.41) is 20.9. The Labute approximate surface area is 225 Å². The average Bonchev–Trinajstić information content (AvgIpc) is 3.79. The number of aliphatic hydroxyl groups excluding tert-OH is 1. The number of hydrogen-bond donors (Lipinski definition) is 1. The molecule has 2 aliphatic heterocycles. The average molecular weight is 532 g/mol. The summed E-state index contributed by atoms with van der Waals surface area (Å²) in [6, 6.07) is 7.30. The highest BCUT2D eigenvalue weighted by atomic mass is 16.6. The molecule has 0 radical (unpaired) electrons. The Bertz CT molecular complexity index is 1030. The molecule has 38 heavy (non-hydrogen) atoms. The SMILES string of the molecule is CO[C@H]1[C@H](C2(C)OC2C/C=C(/C)CO)[C@]2(CC[C@H]1OC(=O)/C=C/c1ccc(OCC[N+](C)(C)[O-])cc1)CO2. The van der Waals surface area contributed by atoms with Crippen LogP contribution in [0.1, 0.15) is 38.7 Å². The van der Waals surface area contributed by atoms with Gasteiger partial charge in [0.15, 0.2) is 0 Å². The molecule has 4 rings (SSSR count). The maximum atomic E-state index is 12.8. The van der Waals surface area contributed by atoms with Gasteiger partial charge in [-0.25, -0.2) is 4.79 Å². The Morgan fingerprint density at radius 1 is 1.29 bits per heavy atom. The van der Waals surface area contributed by atoms with Crippen molar-refractivity contribution >= 4 is 12.0 Å². The van der Waals surface area contributed by atoms with Crippen LogP contribution in [-0.2, 0) is 23.7 Å². The standard InChI is InChI=1S/C29H41NO8/c1-20(18-31)6-12-24-28(2,38-24)27-26(34-5)23(14-15-29(27)19-36-29)37-25(32)13-9-21-7-10-22(11-8-21)35-17-16-30(3,4)33/h6-11,13,23-24,26-27,31H,12,14-19H2,1-5H3/b13-9+,20-6-/t23-,24?,26-,27-,28?,29+/m1/s1. The van der Waals surface area contributed by atoms with E-state index in [-0.39, 0.29) is 30.3 Å². The van der Waals surface area contributed by atoms with E-state index < -0.39 is 22.3 Å². The molecular weight excluding hydrogens is 490 g/mol. The van der Waals surface area contributed by atoms with Gasteiger partial charge in [-0.15, -0.1) is 0 Å². The zero-order valence-electron chi connectivity index (χ0n) is 23.1. The molecule has 1 aliphatic carbocycles. The highest BCUT2D eigenvalue weighted by molar-refractivity contribution is 5.87. The molecule has 1 aromatic rings. The number of benzene rings is 1. The Kier molecular flexibility index (Phi) is 8.66. The molecule has 9 nitrogen and oxygen atoms in total. The smallest absolute Gasteiger partial charge is 0.331 e. The molecule has 1 spiro atoms. The van der Waals surface area contributed by atoms with Crippen molar-refractivity contribution in [3.63, 3.8) is 0 Å². The van der Waals surface area contributed by atoms with Gasteiger partial charge in [-0.1, -0.05) is 23.8 Å². The second kappa shape index (κ2) is 11.5. The number of aliphatic hydroxyl groups is 1. The minimum Gasteiger partial charge on any atom is -0.633 e. The van der Waals surface area contributed by atoms with Crippen molar-refractivity contribution in [3.8, 4) is 5.75 Å². The molecular formula is C29H41NO8. The van der Waals surface area contributed by atoms with Gasteiger partial charge in [0.1, 0.15) is 42.3 Å². The molecule has 2 heterocycles. The van der Waals surface area contributed by atoms with Gasteiger partial charge in [0.25, 0.3) is 0 Å². The summed E-state index contributed by atoms with van der Waals surface area (Å²) in [6.45, 7) is 5.35. The number of quaternary nitrogens is 1. The second-order valence-electron chi connectivity index (χ2n) is 11.3. The van der Waals surface area contributed by atoms with Gasteiger partial charge < -0.3 is 38.6 Å². The van der Waals surface area contributed by atoms with Gasteiger partial charge in [0, 0.05) is 13.2 Å². The minimum atomic E-state index is -0.448. The van der Waals surface area contributed by atoms with Crippen LogP contribution in [0.2, 0.25) is 0 Å². The molecule has 210 valence electrons. The summed E-state index contributed by atoms with van der Waals surface area (Å²) in [6.07, 6.45) is 6.52. The van der Waals surface area contributed by atoms with Gasteiger partial charge in [-0.3, -0.25) is 0 Å². The Hall–Kier alpha value is -2.27. The van der Waals surface area contributed by atoms with Crippen LogP contribution in [0.4, 0.5) is 0 Å². The number of carbonyl (C=O) groups excluding carboxylic acids is 1. The summed E-state index contributed by atoms with van der Waals surface area (Å²) in [7, 11) is 4.80. The van der Waals surface area contributed by atoms with E-state index >= 15 is 0 Å². The van der Waals surface area contributed by atoms with E-state index in [0.29, 0.717) is 38.3 Å². The lowest BCUT2D eigenvalue weighted by Crippen LogP contribution is -2.55. The summed E-state index contributed by atoms with van der Waals surface area (Å²) < 4.78 is 29.2. The summed E-state index contributed by atoms with van der Waals surface area (Å²) >= 11 is 0. The normalized spacial score (nSPS) is 33.0. The number of esters is 1. The third-order valence-electron chi connectivity index (χ3n) is 7.88. The van der Waals surface area contributed by atoms with Crippen molar-refractivity contribution < 1.29 is 38.2 Å². The molecule has 0 aromatic heterocycles. The molecule has 9 heteroatoms. The van der Waals surface area contributed by atoms with Crippen LogP contribution in [0.25, 0.3) is 6.08 Å². The lowest BCUT2D eigenvalue weighted by atomic mass is 9.68. The lowest BCUT2D eigenvalue weighted by Gasteiger charge is -2.42. The molecule has 1 N–H and O–H groups in total. The van der Waals surface area contributed by atoms with Crippen molar-refractivity contribution in [1.29, 1.82) is 0 Å². The zero-order valence-corrected chi connectivity index (χ0v) is 23.1. The van der Waals surface area contributed by atoms with E-state index in [0.717, 1.165) is 17.6 Å². The first-order valence-electron chi connectivity index (χ1n) is 13.3. The monoisotopic (exact) mass is 531 g/mol. The Morgan fingerprint density at radius 2 is 2.00 bits per heavy atom. The van der Waals surface area contributed by atoms with Crippen molar-refractivity contribution in [1.82, 2.24) is 0 Å². The summed E-state index contributed by atoms with van der Waals surface area (Å²) in [5.74, 6) is 0.169. The topological polar surface area (TPSA) is 113 Å². The molecule has 3 fully saturated rings. The molecule has 0 amide bonds. The highest BCUT2D eigenvalue weighted by Crippen LogP contribution is 2.59. The summed E-state index contributed by atoms with van der Waals surface area (Å²) in [5.41, 5.74) is 0.995. The number of hydrogen-bond acceptors (Lipinski definition) is 8. The number of ether oxygens (including phenoxy) is 5. The molecule has 1 saturated carbocycles. The highest BCUT2D eigenvalue weighted by Gasteiger charge is 2.72. The second-order valence-corrected chi connectivity index (χ2v) is 11.3. The lowest BCUT2D eigenvalue weighted by molar-refractivity contribution is -0.840. The molecule has 0 bridgehead atoms. The van der Waals surface area contributed by atoms with E-state index in [9.17, 15) is 15.1 Å². The van der Waals surface area contributed by atoms with E-state index in [2.05, 4.69) is 6.92 Å². The predicted octanol–water partition coefficient (Wildman–Crippen LogP) is 3.24. The van der Waals surface area contributed by atoms with Crippen molar-refractivity contribution in [3.05, 3.63) is 52.8 Å². The van der Waals surface area contributed by atoms with Crippen LogP contribution < -0.4 is 4.74 Å². The van der Waals surface area contributed by atoms with Crippen LogP contribution in [0.15, 0.2) is 42.0 Å². The first-order chi connectivity index (χ1) is 18.0. The van der Waals surface area contributed by atoms with Gasteiger partial charge in [0.2, 0.25) is 0 Å². The van der Waals surface area contributed by atoms with Crippen molar-refractivity contribution in [2.75, 3.05) is 47.6 Å². The number of epoxide rings is 2. The van der Waals surface area contributed by atoms with Crippen molar-refractivity contribution in [2.24, 2.45) is 5.92 Å². The third-order valence-corrected chi connectivity index (χ3v) is 7.88. The Morgan fingerprint density at radius 3 is 2.61 bits per heavy atom. The molecule has 2 saturated heterocycles. The number of methoxy groups -OCH3 is 1. The van der Waals surface area contributed by atoms with Gasteiger partial charge in [-0.05, 0) is 56.9 Å². The zero-order chi connectivity index (χ0) is 27.6. The van der Waals surface area contributed by atoms with Gasteiger partial charge in [0.05, 0.1) is 39.3 Å². The van der Waals surface area contributed by atoms with Gasteiger partial charge in [-0.2, -0.15) is 0 Å². The van der Waals surface area contributed by atoms with E-state index in [4.69, 9.17) is 23.7 Å². The van der Waals surface area contributed by atoms with Gasteiger partial charge >= 0.3 is 5.97 Å². The van der Waals surface area contributed by atoms with Crippen molar-refractivity contribution in [2.45, 2.75) is 62.6 Å². The fraction of sp³-hybridized carbons (Fsp3) is 0.621. The fourth-order valence-corrected chi connectivity index (χ4v) is 5.51. The third kappa shape index (κ3) is 6.83. The molecule has 2 unspecified atom stereocenters. The van der Waals surface area contributed by atoms with E-state index in [1.54, 1.807) is 27.3 Å². The molecule has 6 atom stereocenters. The Balaban J connectivity index is 1.35. The number of likely N-dealkylation sites (N-methyl/N-ethyl adjacent to an activating group) is 1. The largest absolute Gasteiger partial charge is 0.633 e. The van der Waals surface area contributed by atoms with Crippen LogP contribution in [0, 0.1) is 11.1 Å². The van der Waals surface area contributed by atoms with E-state index in [1.807, 2.05) is 37.3 Å². The molecule has 1 aromatic carbocycles. The quantitative estimate of drug-likeness (QED) is 0.109. The van der Waals surface area contributed by atoms with E-state index in [1.165, 1.54) is 6.08 Å².